The van der Waals surface area contributed by atoms with Gasteiger partial charge in [-0.15, -0.1) is 0 Å². The second kappa shape index (κ2) is 12.9. The van der Waals surface area contributed by atoms with Crippen LogP contribution in [0.15, 0.2) is 63.2 Å². The number of halogens is 1. The average Bonchev–Trinajstić information content (AvgIpc) is 3.34. The van der Waals surface area contributed by atoms with Crippen LogP contribution in [0.1, 0.15) is 95.8 Å². The molecule has 0 radical (unpaired) electrons. The highest BCUT2D eigenvalue weighted by Gasteiger charge is 2.52. The van der Waals surface area contributed by atoms with Crippen LogP contribution in [0.3, 0.4) is 0 Å². The number of rotatable bonds is 2. The molecule has 3 aliphatic heterocycles. The van der Waals surface area contributed by atoms with Gasteiger partial charge in [-0.2, -0.15) is 0 Å². The van der Waals surface area contributed by atoms with Gasteiger partial charge in [-0.3, -0.25) is 4.79 Å². The lowest BCUT2D eigenvalue weighted by Gasteiger charge is -2.56. The Bertz CT molecular complexity index is 1200. The summed E-state index contributed by atoms with van der Waals surface area (Å²) in [5, 5.41) is 21.6. The summed E-state index contributed by atoms with van der Waals surface area (Å²) in [5.41, 5.74) is 5.21. The van der Waals surface area contributed by atoms with Crippen LogP contribution < -0.4 is 0 Å². The minimum Gasteiger partial charge on any atom is -0.392 e. The van der Waals surface area contributed by atoms with Crippen LogP contribution >= 0.6 is 15.9 Å². The summed E-state index contributed by atoms with van der Waals surface area (Å²) in [6.07, 6.45) is 12.6. The highest BCUT2D eigenvalue weighted by atomic mass is 79.9. The van der Waals surface area contributed by atoms with Crippen molar-refractivity contribution in [2.24, 2.45) is 17.3 Å². The van der Waals surface area contributed by atoms with Crippen LogP contribution in [0, 0.1) is 17.3 Å². The van der Waals surface area contributed by atoms with E-state index in [9.17, 15) is 15.0 Å². The van der Waals surface area contributed by atoms with Crippen LogP contribution in [0.5, 0.6) is 0 Å². The Kier molecular flexibility index (Phi) is 9.64. The average molecular weight is 627 g/mol. The molecule has 224 valence electrons. The summed E-state index contributed by atoms with van der Waals surface area (Å²) in [6.45, 7) is 9.54. The normalized spacial score (nSPS) is 37.6. The van der Waals surface area contributed by atoms with Gasteiger partial charge in [-0.05, 0) is 125 Å². The van der Waals surface area contributed by atoms with E-state index in [1.54, 1.807) is 0 Å². The van der Waals surface area contributed by atoms with Crippen LogP contribution in [0.25, 0.3) is 0 Å². The largest absolute Gasteiger partial charge is 0.392 e. The lowest BCUT2D eigenvalue weighted by Crippen LogP contribution is -2.58. The summed E-state index contributed by atoms with van der Waals surface area (Å²) in [7, 11) is 0. The van der Waals surface area contributed by atoms with Crippen molar-refractivity contribution < 1.29 is 19.7 Å². The Labute approximate surface area is 254 Å². The first-order valence-corrected chi connectivity index (χ1v) is 16.5. The lowest BCUT2D eigenvalue weighted by atomic mass is 9.55. The second-order valence-electron chi connectivity index (χ2n) is 13.2. The summed E-state index contributed by atoms with van der Waals surface area (Å²) in [6, 6.07) is 7.80. The number of ether oxygens (including phenoxy) is 1. The third-order valence-electron chi connectivity index (χ3n) is 10.7. The topological polar surface area (TPSA) is 70.0 Å². The number of aliphatic hydroxyl groups excluding tert-OH is 2. The summed E-state index contributed by atoms with van der Waals surface area (Å²) in [4.78, 5) is 16.3. The number of nitrogens with zero attached hydrogens (tertiary/aromatic N) is 1. The molecule has 1 aromatic carbocycles. The second-order valence-corrected chi connectivity index (χ2v) is 14.1. The smallest absolute Gasteiger partial charge is 0.254 e. The van der Waals surface area contributed by atoms with E-state index in [4.69, 9.17) is 4.74 Å². The van der Waals surface area contributed by atoms with Crippen molar-refractivity contribution in [3.05, 3.63) is 68.7 Å². The van der Waals surface area contributed by atoms with Crippen molar-refractivity contribution in [2.45, 2.75) is 110 Å². The van der Waals surface area contributed by atoms with Crippen LogP contribution in [-0.4, -0.2) is 58.5 Å². The van der Waals surface area contributed by atoms with Gasteiger partial charge in [0.1, 0.15) is 0 Å². The molecule has 5 rings (SSSR count). The number of amides is 1. The molecule has 4 aliphatic rings. The van der Waals surface area contributed by atoms with E-state index < -0.39 is 6.10 Å². The SMILES string of the molecule is CC1=C(CO)CC[C@]23CCCN(C(=O)c4ccc(Br)cc4)[C@H]2CC/C=C(\C)[C@@H]2O[C@H](CC[C@H](O)/C(C)=C/[C@@H]13)C[C@H]2C. The molecule has 2 bridgehead atoms. The van der Waals surface area contributed by atoms with Crippen molar-refractivity contribution >= 4 is 21.8 Å². The molecule has 5 nitrogen and oxygen atoms in total. The van der Waals surface area contributed by atoms with Gasteiger partial charge >= 0.3 is 0 Å². The zero-order chi connectivity index (χ0) is 29.3. The Morgan fingerprint density at radius 2 is 1.85 bits per heavy atom. The fraction of sp³-hybridized carbons (Fsp3) is 0.629. The number of piperidine rings is 1. The van der Waals surface area contributed by atoms with Gasteiger partial charge in [0.05, 0.1) is 24.9 Å². The zero-order valence-electron chi connectivity index (χ0n) is 25.2. The van der Waals surface area contributed by atoms with E-state index >= 15 is 0 Å². The van der Waals surface area contributed by atoms with E-state index in [0.717, 1.165) is 79.1 Å². The predicted octanol–water partition coefficient (Wildman–Crippen LogP) is 7.38. The van der Waals surface area contributed by atoms with E-state index in [1.165, 1.54) is 11.1 Å². The quantitative estimate of drug-likeness (QED) is 0.336. The van der Waals surface area contributed by atoms with Gasteiger partial charge in [0.25, 0.3) is 5.91 Å². The third kappa shape index (κ3) is 6.18. The molecule has 2 N–H and O–H groups in total. The van der Waals surface area contributed by atoms with Crippen LogP contribution in [-0.2, 0) is 4.74 Å². The first-order chi connectivity index (χ1) is 19.6. The molecule has 3 heterocycles. The summed E-state index contributed by atoms with van der Waals surface area (Å²) in [5.74, 6) is 0.633. The molecular formula is C35H48BrNO4. The fourth-order valence-corrected chi connectivity index (χ4v) is 8.66. The number of likely N-dealkylation sites (tertiary alicyclic amines) is 1. The minimum absolute atomic E-state index is 0.0534. The third-order valence-corrected chi connectivity index (χ3v) is 11.3. The van der Waals surface area contributed by atoms with Crippen molar-refractivity contribution in [3.8, 4) is 0 Å². The highest BCUT2D eigenvalue weighted by molar-refractivity contribution is 9.10. The van der Waals surface area contributed by atoms with Gasteiger partial charge in [-0.25, -0.2) is 0 Å². The van der Waals surface area contributed by atoms with Gasteiger partial charge in [0.15, 0.2) is 0 Å². The Hall–Kier alpha value is -1.73. The fourth-order valence-electron chi connectivity index (χ4n) is 8.40. The van der Waals surface area contributed by atoms with Crippen LogP contribution in [0.2, 0.25) is 0 Å². The molecule has 0 unspecified atom stereocenters. The summed E-state index contributed by atoms with van der Waals surface area (Å²) < 4.78 is 7.48. The zero-order valence-corrected chi connectivity index (χ0v) is 26.8. The van der Waals surface area contributed by atoms with E-state index in [-0.39, 0.29) is 42.1 Å². The van der Waals surface area contributed by atoms with Gasteiger partial charge < -0.3 is 19.8 Å². The molecule has 0 aromatic heterocycles. The number of carbonyl (C=O) groups excluding carboxylic acids is 1. The molecule has 1 aromatic rings. The maximum Gasteiger partial charge on any atom is 0.254 e. The number of hydrogen-bond donors (Lipinski definition) is 2. The van der Waals surface area contributed by atoms with Gasteiger partial charge in [-0.1, -0.05) is 40.6 Å². The van der Waals surface area contributed by atoms with Gasteiger partial charge in [0, 0.05) is 34.0 Å². The maximum atomic E-state index is 14.2. The number of carbonyl (C=O) groups is 1. The molecule has 1 spiro atoms. The summed E-state index contributed by atoms with van der Waals surface area (Å²) >= 11 is 3.52. The van der Waals surface area contributed by atoms with Crippen molar-refractivity contribution in [3.63, 3.8) is 0 Å². The first-order valence-electron chi connectivity index (χ1n) is 15.7. The Morgan fingerprint density at radius 1 is 1.10 bits per heavy atom. The molecule has 41 heavy (non-hydrogen) atoms. The highest BCUT2D eigenvalue weighted by Crippen LogP contribution is 2.55. The van der Waals surface area contributed by atoms with E-state index in [1.807, 2.05) is 24.3 Å². The standard InChI is InChI=1S/C35H48BrNO4/c1-22-7-5-8-32-35(16-6-18-37(32)34(40)26-9-11-28(36)12-10-26)17-15-27(21-38)25(4)30(35)20-23(2)31(39)14-13-29-19-24(3)33(22)41-29/h7,9-12,20,24,29-33,38-39H,5-6,8,13-19,21H2,1-4H3/b22-7+,23-20+/t24-,29-,30+,31+,32+,33+,35+/m1/s1. The molecule has 2 fully saturated rings. The molecule has 7 atom stereocenters. The molecule has 6 heteroatoms. The van der Waals surface area contributed by atoms with E-state index in [2.05, 4.69) is 60.7 Å². The Balaban J connectivity index is 1.60. The van der Waals surface area contributed by atoms with Crippen molar-refractivity contribution in [2.75, 3.05) is 13.2 Å². The number of fused-ring (bicyclic) bond motifs is 2. The minimum atomic E-state index is -0.526. The number of aliphatic hydroxyl groups is 2. The van der Waals surface area contributed by atoms with Crippen LogP contribution in [0.4, 0.5) is 0 Å². The number of hydrogen-bond acceptors (Lipinski definition) is 4. The maximum absolute atomic E-state index is 14.2. The molecule has 1 amide bonds. The molecule has 2 saturated heterocycles. The number of allylic oxidation sites excluding steroid dienone is 3. The van der Waals surface area contributed by atoms with Crippen molar-refractivity contribution in [1.82, 2.24) is 4.90 Å². The lowest BCUT2D eigenvalue weighted by molar-refractivity contribution is -0.0154. The first kappa shape index (κ1) is 30.7. The van der Waals surface area contributed by atoms with E-state index in [0.29, 0.717) is 12.3 Å². The molecule has 0 saturated carbocycles. The number of benzene rings is 1. The molecule has 1 aliphatic carbocycles. The molecular weight excluding hydrogens is 578 g/mol. The van der Waals surface area contributed by atoms with Crippen molar-refractivity contribution in [1.29, 1.82) is 0 Å². The monoisotopic (exact) mass is 625 g/mol. The predicted molar refractivity (Wildman–Crippen MR) is 168 cm³/mol. The van der Waals surface area contributed by atoms with Gasteiger partial charge in [0.2, 0.25) is 0 Å². The Morgan fingerprint density at radius 3 is 2.59 bits per heavy atom.